The summed E-state index contributed by atoms with van der Waals surface area (Å²) in [4.78, 5) is 20.5. The molecule has 0 fully saturated rings. The zero-order valence-corrected chi connectivity index (χ0v) is 12.4. The molecule has 0 aliphatic heterocycles. The third-order valence-corrected chi connectivity index (χ3v) is 3.39. The number of hydrogen-bond donors (Lipinski definition) is 1. The Balaban J connectivity index is 2.14. The molecule has 1 aromatic carbocycles. The van der Waals surface area contributed by atoms with Crippen LogP contribution in [-0.4, -0.2) is 21.1 Å². The minimum absolute atomic E-state index is 0.292. The lowest BCUT2D eigenvalue weighted by atomic mass is 10.2. The largest absolute Gasteiger partial charge is 0.352 e. The quantitative estimate of drug-likeness (QED) is 0.736. The van der Waals surface area contributed by atoms with Crippen molar-refractivity contribution in [3.8, 4) is 0 Å². The number of nitrogens with zero attached hydrogens (tertiary/aromatic N) is 3. The fourth-order valence-corrected chi connectivity index (χ4v) is 2.32. The van der Waals surface area contributed by atoms with Crippen molar-refractivity contribution in [2.75, 3.05) is 11.9 Å². The van der Waals surface area contributed by atoms with Gasteiger partial charge in [-0.3, -0.25) is 9.36 Å². The maximum absolute atomic E-state index is 13.1. The third-order valence-electron chi connectivity index (χ3n) is 3.39. The number of benzene rings is 1. The van der Waals surface area contributed by atoms with Crippen molar-refractivity contribution in [2.24, 2.45) is 0 Å². The van der Waals surface area contributed by atoms with Gasteiger partial charge in [0.05, 0.1) is 11.9 Å². The summed E-state index contributed by atoms with van der Waals surface area (Å²) in [6.07, 6.45) is 3.30. The second-order valence-corrected chi connectivity index (χ2v) is 5.00. The van der Waals surface area contributed by atoms with Crippen molar-refractivity contribution >= 4 is 17.0 Å². The van der Waals surface area contributed by atoms with Gasteiger partial charge in [0.2, 0.25) is 5.95 Å². The highest BCUT2D eigenvalue weighted by atomic mass is 19.1. The highest BCUT2D eigenvalue weighted by molar-refractivity contribution is 5.75. The van der Waals surface area contributed by atoms with E-state index in [2.05, 4.69) is 21.9 Å². The van der Waals surface area contributed by atoms with Gasteiger partial charge < -0.3 is 5.32 Å². The first-order chi connectivity index (χ1) is 11.2. The first-order valence-electron chi connectivity index (χ1n) is 7.14. The maximum Gasteiger partial charge on any atom is 0.283 e. The van der Waals surface area contributed by atoms with E-state index in [9.17, 15) is 9.18 Å². The van der Waals surface area contributed by atoms with Crippen LogP contribution in [0.15, 0.2) is 60.0 Å². The van der Waals surface area contributed by atoms with E-state index in [-0.39, 0.29) is 11.4 Å². The van der Waals surface area contributed by atoms with Crippen molar-refractivity contribution < 1.29 is 4.39 Å². The summed E-state index contributed by atoms with van der Waals surface area (Å²) in [5.74, 6) is 0.116. The van der Waals surface area contributed by atoms with Gasteiger partial charge in [-0.15, -0.1) is 6.58 Å². The molecule has 0 radical (unpaired) electrons. The van der Waals surface area contributed by atoms with Gasteiger partial charge in [0.1, 0.15) is 11.5 Å². The average Bonchev–Trinajstić information content (AvgIpc) is 2.58. The first kappa shape index (κ1) is 14.9. The zero-order chi connectivity index (χ0) is 16.2. The molecule has 0 amide bonds. The lowest BCUT2D eigenvalue weighted by Crippen LogP contribution is -2.20. The van der Waals surface area contributed by atoms with Crippen LogP contribution >= 0.6 is 0 Å². The molecule has 0 bridgehead atoms. The second-order valence-electron chi connectivity index (χ2n) is 5.00. The minimum atomic E-state index is -0.338. The molecule has 5 nitrogen and oxygen atoms in total. The Bertz CT molecular complexity index is 903. The van der Waals surface area contributed by atoms with E-state index in [0.29, 0.717) is 30.1 Å². The number of aromatic nitrogens is 3. The minimum Gasteiger partial charge on any atom is -0.352 e. The number of anilines is 1. The number of hydrogen-bond acceptors (Lipinski definition) is 4. The molecule has 0 aliphatic rings. The highest BCUT2D eigenvalue weighted by Crippen LogP contribution is 2.15. The Morgan fingerprint density at radius 1 is 1.26 bits per heavy atom. The summed E-state index contributed by atoms with van der Waals surface area (Å²) in [5.41, 5.74) is 1.07. The van der Waals surface area contributed by atoms with E-state index in [0.717, 1.165) is 5.56 Å². The summed E-state index contributed by atoms with van der Waals surface area (Å²) < 4.78 is 14.9. The number of fused-ring (bicyclic) bond motifs is 1. The average molecular weight is 310 g/mol. The van der Waals surface area contributed by atoms with E-state index in [1.54, 1.807) is 41.1 Å². The molecule has 0 atom stereocenters. The fraction of sp³-hybridized carbons (Fsp3) is 0.118. The van der Waals surface area contributed by atoms with Gasteiger partial charge in [0.25, 0.3) is 5.56 Å². The number of nitrogens with one attached hydrogen (secondary N) is 1. The van der Waals surface area contributed by atoms with Gasteiger partial charge in [-0.2, -0.15) is 4.98 Å². The smallest absolute Gasteiger partial charge is 0.283 e. The molecule has 2 aromatic heterocycles. The Morgan fingerprint density at radius 3 is 2.78 bits per heavy atom. The van der Waals surface area contributed by atoms with Crippen molar-refractivity contribution in [3.63, 3.8) is 0 Å². The lowest BCUT2D eigenvalue weighted by Gasteiger charge is -2.15. The van der Waals surface area contributed by atoms with Gasteiger partial charge in [0.15, 0.2) is 0 Å². The van der Waals surface area contributed by atoms with Crippen LogP contribution in [0.4, 0.5) is 10.3 Å². The summed E-state index contributed by atoms with van der Waals surface area (Å²) in [6, 6.07) is 9.58. The van der Waals surface area contributed by atoms with Crippen molar-refractivity contribution in [2.45, 2.75) is 6.54 Å². The van der Waals surface area contributed by atoms with Crippen molar-refractivity contribution in [1.29, 1.82) is 0 Å². The normalized spacial score (nSPS) is 10.7. The summed E-state index contributed by atoms with van der Waals surface area (Å²) in [6.45, 7) is 4.53. The van der Waals surface area contributed by atoms with E-state index in [1.807, 2.05) is 0 Å². The van der Waals surface area contributed by atoms with E-state index in [4.69, 9.17) is 0 Å². The molecule has 116 valence electrons. The van der Waals surface area contributed by atoms with Crippen molar-refractivity contribution in [3.05, 3.63) is 77.0 Å². The molecule has 0 saturated carbocycles. The van der Waals surface area contributed by atoms with E-state index in [1.165, 1.54) is 12.1 Å². The standard InChI is InChI=1S/C17H15FN4O/c1-2-9-20-17-21-16(23)14-4-3-10-19-15(14)22(17)11-12-5-7-13(18)8-6-12/h2-8,10H,1,9,11H2,(H,20,21,23). The van der Waals surface area contributed by atoms with E-state index < -0.39 is 0 Å². The molecule has 3 aromatic rings. The fourth-order valence-electron chi connectivity index (χ4n) is 2.32. The van der Waals surface area contributed by atoms with Crippen LogP contribution in [0.25, 0.3) is 11.0 Å². The van der Waals surface area contributed by atoms with E-state index >= 15 is 0 Å². The molecule has 0 aliphatic carbocycles. The Labute approximate surface area is 132 Å². The molecule has 3 rings (SSSR count). The highest BCUT2D eigenvalue weighted by Gasteiger charge is 2.11. The molecule has 2 heterocycles. The third kappa shape index (κ3) is 3.11. The van der Waals surface area contributed by atoms with Crippen LogP contribution in [0.1, 0.15) is 5.56 Å². The number of pyridine rings is 1. The van der Waals surface area contributed by atoms with Crippen LogP contribution in [0.5, 0.6) is 0 Å². The Morgan fingerprint density at radius 2 is 2.04 bits per heavy atom. The van der Waals surface area contributed by atoms with Gasteiger partial charge in [-0.25, -0.2) is 9.37 Å². The van der Waals surface area contributed by atoms with Crippen LogP contribution in [0, 0.1) is 5.82 Å². The number of rotatable bonds is 5. The number of halogens is 1. The lowest BCUT2D eigenvalue weighted by molar-refractivity contribution is 0.626. The summed E-state index contributed by atoms with van der Waals surface area (Å²) >= 11 is 0. The monoisotopic (exact) mass is 310 g/mol. The molecule has 0 saturated heterocycles. The van der Waals surface area contributed by atoms with Crippen LogP contribution in [0.3, 0.4) is 0 Å². The Kier molecular flexibility index (Phi) is 4.14. The predicted molar refractivity (Wildman–Crippen MR) is 88.0 cm³/mol. The molecule has 1 N–H and O–H groups in total. The summed E-state index contributed by atoms with van der Waals surface area (Å²) in [5, 5.41) is 3.49. The zero-order valence-electron chi connectivity index (χ0n) is 12.4. The topological polar surface area (TPSA) is 59.8 Å². The Hall–Kier alpha value is -3.02. The molecule has 23 heavy (non-hydrogen) atoms. The SMILES string of the molecule is C=CCNc1nc(=O)c2cccnc2n1Cc1ccc(F)cc1. The van der Waals surface area contributed by atoms with Crippen LogP contribution in [0.2, 0.25) is 0 Å². The van der Waals surface area contributed by atoms with Crippen molar-refractivity contribution in [1.82, 2.24) is 14.5 Å². The predicted octanol–water partition coefficient (Wildman–Crippen LogP) is 2.58. The molecular formula is C17H15FN4O. The molecule has 0 spiro atoms. The van der Waals surface area contributed by atoms with Gasteiger partial charge >= 0.3 is 0 Å². The van der Waals surface area contributed by atoms with Gasteiger partial charge in [-0.05, 0) is 29.8 Å². The second kappa shape index (κ2) is 6.39. The molecule has 6 heteroatoms. The van der Waals surface area contributed by atoms with Gasteiger partial charge in [-0.1, -0.05) is 18.2 Å². The van der Waals surface area contributed by atoms with Crippen LogP contribution in [-0.2, 0) is 6.54 Å². The summed E-state index contributed by atoms with van der Waals surface area (Å²) in [7, 11) is 0. The first-order valence-corrected chi connectivity index (χ1v) is 7.14. The maximum atomic E-state index is 13.1. The molecular weight excluding hydrogens is 295 g/mol. The van der Waals surface area contributed by atoms with Crippen LogP contribution < -0.4 is 10.9 Å². The molecule has 0 unspecified atom stereocenters. The van der Waals surface area contributed by atoms with Gasteiger partial charge in [0, 0.05) is 12.7 Å².